The molecule has 0 aromatic carbocycles. The van der Waals surface area contributed by atoms with Crippen molar-refractivity contribution in [2.45, 2.75) is 27.7 Å². The highest BCUT2D eigenvalue weighted by Crippen LogP contribution is 2.07. The molecule has 0 saturated carbocycles. The second kappa shape index (κ2) is 4.11. The van der Waals surface area contributed by atoms with Crippen LogP contribution in [0.2, 0.25) is 0 Å². The summed E-state index contributed by atoms with van der Waals surface area (Å²) in [5, 5.41) is 0. The number of aromatic amines is 1. The molecular weight excluding hydrogens is 143 g/mol. The van der Waals surface area contributed by atoms with Crippen LogP contribution in [0.15, 0.2) is 12.4 Å². The average Bonchev–Trinajstić information content (AvgIpc) is 2.12. The van der Waals surface area contributed by atoms with Crippen LogP contribution in [0.1, 0.15) is 27.7 Å². The van der Waals surface area contributed by atoms with Crippen molar-refractivity contribution in [3.63, 3.8) is 0 Å². The summed E-state index contributed by atoms with van der Waals surface area (Å²) >= 11 is 0. The van der Waals surface area contributed by atoms with Gasteiger partial charge in [0.25, 0.3) is 6.08 Å². The summed E-state index contributed by atoms with van der Waals surface area (Å²) < 4.78 is 11.5. The molecule has 1 N–H and O–H groups in total. The molecule has 0 aliphatic rings. The van der Waals surface area contributed by atoms with Gasteiger partial charge >= 0.3 is 0 Å². The van der Waals surface area contributed by atoms with Crippen LogP contribution in [0.5, 0.6) is 0 Å². The number of nitrogens with zero attached hydrogens (tertiary/aromatic N) is 1. The Balaban J connectivity index is 0.000000187. The van der Waals surface area contributed by atoms with Gasteiger partial charge in [-0.05, 0) is 5.41 Å². The molecule has 3 heteroatoms. The Kier molecular flexibility index (Phi) is 3.79. The molecule has 0 aliphatic heterocycles. The highest BCUT2D eigenvalue weighted by molar-refractivity contribution is 4.68. The minimum absolute atomic E-state index is 0.500. The van der Waals surface area contributed by atoms with E-state index in [-0.39, 0.29) is 0 Å². The molecule has 2 nitrogen and oxygen atoms in total. The molecule has 0 amide bonds. The lowest BCUT2D eigenvalue weighted by Crippen LogP contribution is -1.93. The van der Waals surface area contributed by atoms with E-state index >= 15 is 0 Å². The largest absolute Gasteiger partial charge is 0.321 e. The number of imidazole rings is 1. The van der Waals surface area contributed by atoms with Crippen molar-refractivity contribution in [3.8, 4) is 0 Å². The average molecular weight is 158 g/mol. The summed E-state index contributed by atoms with van der Waals surface area (Å²) in [5.74, 6) is 0. The first-order valence-corrected chi connectivity index (χ1v) is 3.54. The normalized spacial score (nSPS) is 10.3. The molecule has 1 rings (SSSR count). The number of hydrogen-bond acceptors (Lipinski definition) is 1. The molecule has 0 fully saturated rings. The lowest BCUT2D eigenvalue weighted by molar-refractivity contribution is 0.469. The predicted octanol–water partition coefficient (Wildman–Crippen LogP) is 2.60. The maximum absolute atomic E-state index is 11.5. The second-order valence-corrected chi connectivity index (χ2v) is 3.88. The van der Waals surface area contributed by atoms with E-state index in [1.807, 2.05) is 0 Å². The fraction of sp³-hybridized carbons (Fsp3) is 0.625. The van der Waals surface area contributed by atoms with Gasteiger partial charge in [0.2, 0.25) is 0 Å². The van der Waals surface area contributed by atoms with Gasteiger partial charge in [0.15, 0.2) is 0 Å². The van der Waals surface area contributed by atoms with Crippen molar-refractivity contribution in [2.24, 2.45) is 5.41 Å². The second-order valence-electron chi connectivity index (χ2n) is 3.88. The van der Waals surface area contributed by atoms with Gasteiger partial charge < -0.3 is 4.98 Å². The minimum atomic E-state index is -0.532. The van der Waals surface area contributed by atoms with Gasteiger partial charge in [0.05, 0.1) is 0 Å². The quantitative estimate of drug-likeness (QED) is 0.617. The Morgan fingerprint density at radius 1 is 1.36 bits per heavy atom. The van der Waals surface area contributed by atoms with Gasteiger partial charge in [-0.2, -0.15) is 4.39 Å². The van der Waals surface area contributed by atoms with Crippen LogP contribution >= 0.6 is 0 Å². The van der Waals surface area contributed by atoms with E-state index < -0.39 is 6.08 Å². The molecule has 0 unspecified atom stereocenters. The number of H-pyrrole nitrogens is 1. The molecule has 1 aromatic rings. The van der Waals surface area contributed by atoms with Crippen LogP contribution in [0.25, 0.3) is 0 Å². The summed E-state index contributed by atoms with van der Waals surface area (Å²) in [4.78, 5) is 5.42. The molecule has 0 saturated heterocycles. The van der Waals surface area contributed by atoms with Crippen LogP contribution in [-0.4, -0.2) is 9.97 Å². The van der Waals surface area contributed by atoms with Gasteiger partial charge in [0.1, 0.15) is 0 Å². The van der Waals surface area contributed by atoms with Crippen molar-refractivity contribution in [1.29, 1.82) is 0 Å². The van der Waals surface area contributed by atoms with E-state index in [4.69, 9.17) is 0 Å². The standard InChI is InChI=1S/C5H12.C3H3FN2/c1-5(2,3)4;4-3-5-1-2-6-3/h1-4H3;1-2H,(H,5,6). The van der Waals surface area contributed by atoms with Gasteiger partial charge in [0, 0.05) is 12.4 Å². The lowest BCUT2D eigenvalue weighted by atomic mass is 10.0. The van der Waals surface area contributed by atoms with Gasteiger partial charge in [-0.25, -0.2) is 4.98 Å². The van der Waals surface area contributed by atoms with E-state index in [0.29, 0.717) is 5.41 Å². The highest BCUT2D eigenvalue weighted by atomic mass is 19.1. The van der Waals surface area contributed by atoms with Crippen molar-refractivity contribution >= 4 is 0 Å². The molecule has 1 aromatic heterocycles. The van der Waals surface area contributed by atoms with Crippen LogP contribution in [0.3, 0.4) is 0 Å². The monoisotopic (exact) mass is 158 g/mol. The smallest absolute Gasteiger partial charge is 0.286 e. The topological polar surface area (TPSA) is 28.7 Å². The Morgan fingerprint density at radius 3 is 1.91 bits per heavy atom. The van der Waals surface area contributed by atoms with Gasteiger partial charge in [-0.1, -0.05) is 27.7 Å². The molecule has 0 radical (unpaired) electrons. The first kappa shape index (κ1) is 10.1. The Hall–Kier alpha value is -0.860. The molecule has 0 bridgehead atoms. The van der Waals surface area contributed by atoms with E-state index in [1.54, 1.807) is 0 Å². The zero-order valence-corrected chi connectivity index (χ0v) is 7.48. The van der Waals surface area contributed by atoms with E-state index in [1.165, 1.54) is 12.4 Å². The van der Waals surface area contributed by atoms with Crippen LogP contribution in [0, 0.1) is 11.5 Å². The van der Waals surface area contributed by atoms with Crippen LogP contribution < -0.4 is 0 Å². The summed E-state index contributed by atoms with van der Waals surface area (Å²) in [6.45, 7) is 8.75. The third-order valence-corrected chi connectivity index (χ3v) is 0.465. The Bertz CT molecular complexity index is 168. The number of hydrogen-bond donors (Lipinski definition) is 1. The van der Waals surface area contributed by atoms with E-state index in [0.717, 1.165) is 0 Å². The number of rotatable bonds is 0. The highest BCUT2D eigenvalue weighted by Gasteiger charge is 1.95. The zero-order chi connectivity index (χ0) is 8.91. The van der Waals surface area contributed by atoms with Crippen LogP contribution in [-0.2, 0) is 0 Å². The van der Waals surface area contributed by atoms with E-state index in [2.05, 4.69) is 37.7 Å². The first-order chi connectivity index (χ1) is 4.89. The van der Waals surface area contributed by atoms with Crippen molar-refractivity contribution in [3.05, 3.63) is 18.5 Å². The number of aromatic nitrogens is 2. The zero-order valence-electron chi connectivity index (χ0n) is 7.48. The maximum atomic E-state index is 11.5. The Labute approximate surface area is 66.9 Å². The van der Waals surface area contributed by atoms with Crippen molar-refractivity contribution in [2.75, 3.05) is 0 Å². The maximum Gasteiger partial charge on any atom is 0.286 e. The minimum Gasteiger partial charge on any atom is -0.321 e. The molecule has 64 valence electrons. The van der Waals surface area contributed by atoms with Crippen LogP contribution in [0.4, 0.5) is 4.39 Å². The van der Waals surface area contributed by atoms with Gasteiger partial charge in [-0.3, -0.25) is 0 Å². The predicted molar refractivity (Wildman–Crippen MR) is 43.7 cm³/mol. The van der Waals surface area contributed by atoms with Crippen molar-refractivity contribution in [1.82, 2.24) is 9.97 Å². The third-order valence-electron chi connectivity index (χ3n) is 0.465. The fourth-order valence-electron chi connectivity index (χ4n) is 0.246. The summed E-state index contributed by atoms with van der Waals surface area (Å²) in [6.07, 6.45) is 2.25. The summed E-state index contributed by atoms with van der Waals surface area (Å²) in [7, 11) is 0. The van der Waals surface area contributed by atoms with Crippen molar-refractivity contribution < 1.29 is 4.39 Å². The van der Waals surface area contributed by atoms with E-state index in [9.17, 15) is 4.39 Å². The molecule has 0 atom stereocenters. The molecule has 0 spiro atoms. The molecular formula is C8H15FN2. The molecule has 0 aliphatic carbocycles. The third kappa shape index (κ3) is 12.4. The van der Waals surface area contributed by atoms with Gasteiger partial charge in [-0.15, -0.1) is 0 Å². The summed E-state index contributed by atoms with van der Waals surface area (Å²) in [6, 6.07) is 0. The molecule has 1 heterocycles. The number of halogens is 1. The Morgan fingerprint density at radius 2 is 1.82 bits per heavy atom. The SMILES string of the molecule is CC(C)(C)C.Fc1ncc[nH]1. The summed E-state index contributed by atoms with van der Waals surface area (Å²) in [5.41, 5.74) is 0.500. The fourth-order valence-corrected chi connectivity index (χ4v) is 0.246. The molecule has 11 heavy (non-hydrogen) atoms. The number of nitrogens with one attached hydrogen (secondary N) is 1. The lowest BCUT2D eigenvalue weighted by Gasteiger charge is -2.05. The first-order valence-electron chi connectivity index (χ1n) is 3.54.